The predicted molar refractivity (Wildman–Crippen MR) is 144 cm³/mol. The molecule has 38 heavy (non-hydrogen) atoms. The summed E-state index contributed by atoms with van der Waals surface area (Å²) in [5.41, 5.74) is 5.01. The predicted octanol–water partition coefficient (Wildman–Crippen LogP) is 4.72. The van der Waals surface area contributed by atoms with E-state index in [0.717, 1.165) is 42.5 Å². The molecule has 1 atom stereocenters. The summed E-state index contributed by atoms with van der Waals surface area (Å²) in [4.78, 5) is 27.8. The number of nitrogens with two attached hydrogens (primary N) is 1. The van der Waals surface area contributed by atoms with Crippen molar-refractivity contribution in [3.8, 4) is 17.2 Å². The third kappa shape index (κ3) is 5.60. The first-order valence-electron chi connectivity index (χ1n) is 13.0. The summed E-state index contributed by atoms with van der Waals surface area (Å²) < 4.78 is 17.8. The summed E-state index contributed by atoms with van der Waals surface area (Å²) >= 11 is 0. The molecule has 0 aromatic heterocycles. The third-order valence-electron chi connectivity index (χ3n) is 7.23. The summed E-state index contributed by atoms with van der Waals surface area (Å²) in [5.74, 6) is 6.33. The highest BCUT2D eigenvalue weighted by molar-refractivity contribution is 6.01. The van der Waals surface area contributed by atoms with Gasteiger partial charge in [0.2, 0.25) is 5.91 Å². The number of amides is 2. The Balaban J connectivity index is 1.38. The van der Waals surface area contributed by atoms with Crippen molar-refractivity contribution in [2.45, 2.75) is 50.7 Å². The van der Waals surface area contributed by atoms with Crippen molar-refractivity contribution < 1.29 is 23.8 Å². The van der Waals surface area contributed by atoms with Crippen LogP contribution >= 0.6 is 0 Å². The van der Waals surface area contributed by atoms with E-state index in [4.69, 9.17) is 20.1 Å². The molecule has 2 amide bonds. The van der Waals surface area contributed by atoms with Crippen molar-refractivity contribution in [2.75, 3.05) is 18.6 Å². The molecule has 2 fully saturated rings. The highest BCUT2D eigenvalue weighted by Gasteiger charge is 2.35. The number of rotatable bonds is 9. The number of hydrazine groups is 1. The van der Waals surface area contributed by atoms with Crippen molar-refractivity contribution >= 4 is 17.5 Å². The Bertz CT molecular complexity index is 1290. The average Bonchev–Trinajstić information content (AvgIpc) is 3.61. The van der Waals surface area contributed by atoms with Gasteiger partial charge in [-0.3, -0.25) is 15.0 Å². The van der Waals surface area contributed by atoms with Crippen LogP contribution in [0.1, 0.15) is 59.5 Å². The van der Waals surface area contributed by atoms with Crippen LogP contribution in [0.4, 0.5) is 5.69 Å². The molecule has 1 heterocycles. The summed E-state index contributed by atoms with van der Waals surface area (Å²) in [6.45, 7) is 0.889. The van der Waals surface area contributed by atoms with Crippen LogP contribution in [0.3, 0.4) is 0 Å². The first-order chi connectivity index (χ1) is 18.6. The summed E-state index contributed by atoms with van der Waals surface area (Å²) in [5, 5.41) is 0. The highest BCUT2D eigenvalue weighted by atomic mass is 16.5. The van der Waals surface area contributed by atoms with Crippen LogP contribution in [-0.4, -0.2) is 31.6 Å². The Kier molecular flexibility index (Phi) is 7.79. The van der Waals surface area contributed by atoms with Gasteiger partial charge in [0, 0.05) is 23.9 Å². The number of hydrogen-bond donors (Lipinski definition) is 2. The van der Waals surface area contributed by atoms with E-state index in [1.54, 1.807) is 24.1 Å². The molecule has 8 heteroatoms. The molecule has 198 valence electrons. The number of ether oxygens (including phenoxy) is 3. The van der Waals surface area contributed by atoms with Gasteiger partial charge in [-0.15, -0.1) is 0 Å². The molecule has 1 aliphatic heterocycles. The van der Waals surface area contributed by atoms with E-state index >= 15 is 0 Å². The number of hydrogen-bond acceptors (Lipinski definition) is 6. The fourth-order valence-electron chi connectivity index (χ4n) is 5.22. The number of benzene rings is 3. The molecule has 1 aliphatic carbocycles. The molecule has 8 nitrogen and oxygen atoms in total. The normalized spacial score (nSPS) is 17.5. The van der Waals surface area contributed by atoms with E-state index in [1.807, 2.05) is 54.6 Å². The number of carbonyl (C=O) groups is 2. The van der Waals surface area contributed by atoms with Crippen LogP contribution in [0.5, 0.6) is 17.2 Å². The zero-order chi connectivity index (χ0) is 26.5. The van der Waals surface area contributed by atoms with Crippen LogP contribution in [0.25, 0.3) is 0 Å². The maximum Gasteiger partial charge on any atom is 0.265 e. The fourth-order valence-corrected chi connectivity index (χ4v) is 5.22. The number of nitrogen functional groups attached to an aromatic ring is 1. The Morgan fingerprint density at radius 3 is 2.53 bits per heavy atom. The minimum atomic E-state index is -0.442. The van der Waals surface area contributed by atoms with Crippen LogP contribution in [0.15, 0.2) is 66.7 Å². The van der Waals surface area contributed by atoms with E-state index in [2.05, 4.69) is 5.43 Å². The van der Waals surface area contributed by atoms with Crippen LogP contribution in [-0.2, 0) is 11.4 Å². The quantitative estimate of drug-likeness (QED) is 0.243. The zero-order valence-electron chi connectivity index (χ0n) is 21.5. The van der Waals surface area contributed by atoms with Gasteiger partial charge in [-0.2, -0.15) is 0 Å². The maximum atomic E-state index is 13.6. The SMILES string of the molecule is COc1ccc(N2CCC(c3cc(OCc4ccccc4)cc(C(=O)NN)c3)C2=O)cc1OC1CCCC1. The van der Waals surface area contributed by atoms with E-state index in [9.17, 15) is 9.59 Å². The number of nitrogens with zero attached hydrogens (tertiary/aromatic N) is 1. The standard InChI is InChI=1S/C30H33N3O5/c1-36-27-12-11-23(18-28(27)38-24-9-5-6-10-24)33-14-13-26(30(33)35)21-15-22(29(34)32-31)17-25(16-21)37-19-20-7-3-2-4-8-20/h2-4,7-8,11-12,15-18,24,26H,5-6,9-10,13-14,19,31H2,1H3,(H,32,34). The smallest absolute Gasteiger partial charge is 0.265 e. The summed E-state index contributed by atoms with van der Waals surface area (Å²) in [6.07, 6.45) is 5.16. The molecule has 1 saturated carbocycles. The summed E-state index contributed by atoms with van der Waals surface area (Å²) in [7, 11) is 1.62. The van der Waals surface area contributed by atoms with E-state index in [-0.39, 0.29) is 12.0 Å². The molecule has 0 bridgehead atoms. The first-order valence-corrected chi connectivity index (χ1v) is 13.0. The fraction of sp³-hybridized carbons (Fsp3) is 0.333. The van der Waals surface area contributed by atoms with Gasteiger partial charge in [-0.1, -0.05) is 30.3 Å². The second-order valence-corrected chi connectivity index (χ2v) is 9.73. The number of methoxy groups -OCH3 is 1. The highest BCUT2D eigenvalue weighted by Crippen LogP contribution is 2.39. The second kappa shape index (κ2) is 11.6. The monoisotopic (exact) mass is 515 g/mol. The summed E-state index contributed by atoms with van der Waals surface area (Å²) in [6, 6.07) is 20.6. The zero-order valence-corrected chi connectivity index (χ0v) is 21.5. The van der Waals surface area contributed by atoms with Crippen molar-refractivity contribution in [1.82, 2.24) is 5.43 Å². The lowest BCUT2D eigenvalue weighted by Crippen LogP contribution is -2.30. The van der Waals surface area contributed by atoms with Gasteiger partial charge < -0.3 is 19.1 Å². The van der Waals surface area contributed by atoms with Gasteiger partial charge >= 0.3 is 0 Å². The van der Waals surface area contributed by atoms with Gasteiger partial charge in [0.05, 0.1) is 19.1 Å². The molecule has 3 aromatic carbocycles. The van der Waals surface area contributed by atoms with Crippen LogP contribution < -0.4 is 30.4 Å². The van der Waals surface area contributed by atoms with E-state index in [1.165, 1.54) is 0 Å². The first kappa shape index (κ1) is 25.6. The van der Waals surface area contributed by atoms with Crippen molar-refractivity contribution in [3.63, 3.8) is 0 Å². The molecule has 1 saturated heterocycles. The van der Waals surface area contributed by atoms with Crippen molar-refractivity contribution in [2.24, 2.45) is 5.84 Å². The lowest BCUT2D eigenvalue weighted by Gasteiger charge is -2.21. The average molecular weight is 516 g/mol. The Hall–Kier alpha value is -4.04. The maximum absolute atomic E-state index is 13.6. The van der Waals surface area contributed by atoms with Crippen molar-refractivity contribution in [3.05, 3.63) is 83.4 Å². The van der Waals surface area contributed by atoms with Gasteiger partial charge in [0.25, 0.3) is 5.91 Å². The minimum Gasteiger partial charge on any atom is -0.493 e. The topological polar surface area (TPSA) is 103 Å². The minimum absolute atomic E-state index is 0.0405. The lowest BCUT2D eigenvalue weighted by atomic mass is 9.95. The third-order valence-corrected chi connectivity index (χ3v) is 7.23. The molecule has 3 aromatic rings. The largest absolute Gasteiger partial charge is 0.493 e. The molecule has 0 radical (unpaired) electrons. The lowest BCUT2D eigenvalue weighted by molar-refractivity contribution is -0.118. The number of nitrogens with one attached hydrogen (secondary N) is 1. The number of carbonyl (C=O) groups excluding carboxylic acids is 2. The Morgan fingerprint density at radius 2 is 1.79 bits per heavy atom. The van der Waals surface area contributed by atoms with Gasteiger partial charge in [-0.05, 0) is 73.6 Å². The Labute approximate surface area is 222 Å². The molecule has 5 rings (SSSR count). The molecular formula is C30H33N3O5. The molecule has 1 unspecified atom stereocenters. The van der Waals surface area contributed by atoms with E-state index < -0.39 is 11.8 Å². The van der Waals surface area contributed by atoms with Crippen LogP contribution in [0.2, 0.25) is 0 Å². The molecule has 3 N–H and O–H groups in total. The van der Waals surface area contributed by atoms with Crippen LogP contribution in [0, 0.1) is 0 Å². The molecule has 2 aliphatic rings. The van der Waals surface area contributed by atoms with E-state index in [0.29, 0.717) is 42.4 Å². The molecular weight excluding hydrogens is 482 g/mol. The number of anilines is 1. The second-order valence-electron chi connectivity index (χ2n) is 9.73. The van der Waals surface area contributed by atoms with Gasteiger partial charge in [0.1, 0.15) is 12.4 Å². The Morgan fingerprint density at radius 1 is 1.00 bits per heavy atom. The molecule has 0 spiro atoms. The van der Waals surface area contributed by atoms with Gasteiger partial charge in [0.15, 0.2) is 11.5 Å². The van der Waals surface area contributed by atoms with Gasteiger partial charge in [-0.25, -0.2) is 5.84 Å². The van der Waals surface area contributed by atoms with Crippen molar-refractivity contribution in [1.29, 1.82) is 0 Å².